The minimum absolute atomic E-state index is 0.147. The highest BCUT2D eigenvalue weighted by Crippen LogP contribution is 2.29. The zero-order chi connectivity index (χ0) is 14.9. The van der Waals surface area contributed by atoms with E-state index in [1.165, 1.54) is 0 Å². The van der Waals surface area contributed by atoms with Crippen LogP contribution in [0.3, 0.4) is 0 Å². The van der Waals surface area contributed by atoms with Crippen LogP contribution in [-0.4, -0.2) is 5.91 Å². The van der Waals surface area contributed by atoms with Crippen LogP contribution in [-0.2, 0) is 0 Å². The van der Waals surface area contributed by atoms with Gasteiger partial charge in [-0.3, -0.25) is 4.79 Å². The number of amides is 1. The van der Waals surface area contributed by atoms with Crippen molar-refractivity contribution in [2.45, 2.75) is 13.8 Å². The SMILES string of the molecule is Cc1cc(C)c(NC(=O)c2cc(Br)ccc2Br)c(Br)c1. The van der Waals surface area contributed by atoms with Gasteiger partial charge in [0.25, 0.3) is 5.91 Å². The second-order valence-corrected chi connectivity index (χ2v) is 7.14. The van der Waals surface area contributed by atoms with Gasteiger partial charge in [0.15, 0.2) is 0 Å². The van der Waals surface area contributed by atoms with Crippen LogP contribution < -0.4 is 5.32 Å². The Morgan fingerprint density at radius 3 is 2.35 bits per heavy atom. The molecule has 0 radical (unpaired) electrons. The molecule has 2 rings (SSSR count). The molecule has 0 saturated carbocycles. The maximum Gasteiger partial charge on any atom is 0.256 e. The number of rotatable bonds is 2. The first-order chi connectivity index (χ1) is 9.38. The summed E-state index contributed by atoms with van der Waals surface area (Å²) in [5.41, 5.74) is 3.56. The molecule has 104 valence electrons. The molecule has 0 atom stereocenters. The Balaban J connectivity index is 2.35. The van der Waals surface area contributed by atoms with Crippen molar-refractivity contribution in [3.05, 3.63) is 60.4 Å². The predicted octanol–water partition coefficient (Wildman–Crippen LogP) is 5.84. The van der Waals surface area contributed by atoms with Crippen molar-refractivity contribution >= 4 is 59.4 Å². The molecule has 0 bridgehead atoms. The normalized spacial score (nSPS) is 10.4. The number of hydrogen-bond donors (Lipinski definition) is 1. The molecule has 0 fully saturated rings. The minimum Gasteiger partial charge on any atom is -0.321 e. The average molecular weight is 462 g/mol. The summed E-state index contributed by atoms with van der Waals surface area (Å²) in [6, 6.07) is 9.54. The molecule has 0 heterocycles. The summed E-state index contributed by atoms with van der Waals surface area (Å²) in [7, 11) is 0. The number of carbonyl (C=O) groups excluding carboxylic acids is 1. The lowest BCUT2D eigenvalue weighted by Gasteiger charge is -2.12. The van der Waals surface area contributed by atoms with E-state index in [2.05, 4.69) is 53.1 Å². The van der Waals surface area contributed by atoms with Gasteiger partial charge < -0.3 is 5.32 Å². The molecule has 0 saturated heterocycles. The molecule has 0 spiro atoms. The van der Waals surface area contributed by atoms with E-state index >= 15 is 0 Å². The van der Waals surface area contributed by atoms with Crippen molar-refractivity contribution in [1.29, 1.82) is 0 Å². The van der Waals surface area contributed by atoms with E-state index in [4.69, 9.17) is 0 Å². The quantitative estimate of drug-likeness (QED) is 0.597. The first kappa shape index (κ1) is 15.7. The van der Waals surface area contributed by atoms with E-state index in [1.54, 1.807) is 6.07 Å². The summed E-state index contributed by atoms with van der Waals surface area (Å²) in [5.74, 6) is -0.147. The zero-order valence-electron chi connectivity index (χ0n) is 10.9. The fraction of sp³-hybridized carbons (Fsp3) is 0.133. The Kier molecular flexibility index (Phi) is 5.04. The van der Waals surface area contributed by atoms with Crippen LogP contribution in [0.5, 0.6) is 0 Å². The van der Waals surface area contributed by atoms with Crippen molar-refractivity contribution in [2.24, 2.45) is 0 Å². The molecule has 2 aromatic carbocycles. The largest absolute Gasteiger partial charge is 0.321 e. The molecular formula is C15H12Br3NO. The second-order valence-electron chi connectivity index (χ2n) is 4.52. The van der Waals surface area contributed by atoms with Crippen LogP contribution >= 0.6 is 47.8 Å². The van der Waals surface area contributed by atoms with Crippen LogP contribution in [0.2, 0.25) is 0 Å². The number of carbonyl (C=O) groups is 1. The summed E-state index contributed by atoms with van der Waals surface area (Å²) in [6.45, 7) is 4.00. The fourth-order valence-electron chi connectivity index (χ4n) is 1.93. The molecule has 1 N–H and O–H groups in total. The Morgan fingerprint density at radius 1 is 1.00 bits per heavy atom. The van der Waals surface area contributed by atoms with Crippen LogP contribution in [0.4, 0.5) is 5.69 Å². The van der Waals surface area contributed by atoms with Crippen molar-refractivity contribution in [3.8, 4) is 0 Å². The highest BCUT2D eigenvalue weighted by atomic mass is 79.9. The molecule has 0 aliphatic heterocycles. The summed E-state index contributed by atoms with van der Waals surface area (Å²) in [6.07, 6.45) is 0. The smallest absolute Gasteiger partial charge is 0.256 e. The number of hydrogen-bond acceptors (Lipinski definition) is 1. The molecule has 1 amide bonds. The molecule has 0 aliphatic rings. The molecular weight excluding hydrogens is 450 g/mol. The Labute approximate surface area is 143 Å². The Hall–Kier alpha value is -0.650. The second kappa shape index (κ2) is 6.41. The molecule has 20 heavy (non-hydrogen) atoms. The van der Waals surface area contributed by atoms with Crippen molar-refractivity contribution in [1.82, 2.24) is 0 Å². The third-order valence-electron chi connectivity index (χ3n) is 2.84. The van der Waals surface area contributed by atoms with Gasteiger partial charge >= 0.3 is 0 Å². The Bertz CT molecular complexity index is 660. The van der Waals surface area contributed by atoms with Gasteiger partial charge in [0, 0.05) is 13.4 Å². The molecule has 2 aromatic rings. The minimum atomic E-state index is -0.147. The van der Waals surface area contributed by atoms with Gasteiger partial charge in [-0.2, -0.15) is 0 Å². The van der Waals surface area contributed by atoms with E-state index < -0.39 is 0 Å². The highest BCUT2D eigenvalue weighted by molar-refractivity contribution is 9.11. The van der Waals surface area contributed by atoms with Gasteiger partial charge in [-0.15, -0.1) is 0 Å². The first-order valence-electron chi connectivity index (χ1n) is 5.91. The molecule has 0 aromatic heterocycles. The lowest BCUT2D eigenvalue weighted by atomic mass is 10.1. The van der Waals surface area contributed by atoms with Crippen LogP contribution in [0, 0.1) is 13.8 Å². The third-order valence-corrected chi connectivity index (χ3v) is 4.65. The standard InChI is InChI=1S/C15H12Br3NO/c1-8-5-9(2)14(13(18)6-8)19-15(20)11-7-10(16)3-4-12(11)17/h3-7H,1-2H3,(H,19,20). The van der Waals surface area contributed by atoms with E-state index in [1.807, 2.05) is 38.1 Å². The van der Waals surface area contributed by atoms with Gasteiger partial charge in [0.05, 0.1) is 11.3 Å². The van der Waals surface area contributed by atoms with Gasteiger partial charge in [0.1, 0.15) is 0 Å². The van der Waals surface area contributed by atoms with Crippen LogP contribution in [0.25, 0.3) is 0 Å². The Morgan fingerprint density at radius 2 is 1.70 bits per heavy atom. The number of nitrogens with one attached hydrogen (secondary N) is 1. The summed E-state index contributed by atoms with van der Waals surface area (Å²) < 4.78 is 2.51. The maximum atomic E-state index is 12.4. The lowest BCUT2D eigenvalue weighted by Crippen LogP contribution is -2.14. The molecule has 5 heteroatoms. The van der Waals surface area contributed by atoms with E-state index in [9.17, 15) is 4.79 Å². The third kappa shape index (κ3) is 3.51. The van der Waals surface area contributed by atoms with E-state index in [0.29, 0.717) is 5.56 Å². The van der Waals surface area contributed by atoms with Gasteiger partial charge in [-0.25, -0.2) is 0 Å². The topological polar surface area (TPSA) is 29.1 Å². The highest BCUT2D eigenvalue weighted by Gasteiger charge is 2.14. The van der Waals surface area contributed by atoms with E-state index in [0.717, 1.165) is 30.2 Å². The maximum absolute atomic E-state index is 12.4. The number of halogens is 3. The van der Waals surface area contributed by atoms with Crippen molar-refractivity contribution < 1.29 is 4.79 Å². The summed E-state index contributed by atoms with van der Waals surface area (Å²) in [5, 5.41) is 2.95. The summed E-state index contributed by atoms with van der Waals surface area (Å²) in [4.78, 5) is 12.4. The predicted molar refractivity (Wildman–Crippen MR) is 93.4 cm³/mol. The molecule has 0 aliphatic carbocycles. The average Bonchev–Trinajstić information content (AvgIpc) is 2.36. The number of anilines is 1. The fourth-order valence-corrected chi connectivity index (χ4v) is 3.49. The molecule has 0 unspecified atom stereocenters. The molecule has 2 nitrogen and oxygen atoms in total. The number of benzene rings is 2. The number of aryl methyl sites for hydroxylation is 2. The van der Waals surface area contributed by atoms with Crippen LogP contribution in [0.1, 0.15) is 21.5 Å². The van der Waals surface area contributed by atoms with Gasteiger partial charge in [-0.05, 0) is 81.1 Å². The zero-order valence-corrected chi connectivity index (χ0v) is 15.7. The lowest BCUT2D eigenvalue weighted by molar-refractivity contribution is 0.102. The first-order valence-corrected chi connectivity index (χ1v) is 8.29. The van der Waals surface area contributed by atoms with Crippen LogP contribution in [0.15, 0.2) is 43.7 Å². The van der Waals surface area contributed by atoms with E-state index in [-0.39, 0.29) is 5.91 Å². The van der Waals surface area contributed by atoms with Gasteiger partial charge in [0.2, 0.25) is 0 Å². The summed E-state index contributed by atoms with van der Waals surface area (Å²) >= 11 is 10.3. The monoisotopic (exact) mass is 459 g/mol. The van der Waals surface area contributed by atoms with Crippen molar-refractivity contribution in [3.63, 3.8) is 0 Å². The van der Waals surface area contributed by atoms with Gasteiger partial charge in [-0.1, -0.05) is 22.0 Å². The van der Waals surface area contributed by atoms with Crippen molar-refractivity contribution in [2.75, 3.05) is 5.32 Å².